The molecule has 0 radical (unpaired) electrons. The molecule has 0 aromatic carbocycles. The summed E-state index contributed by atoms with van der Waals surface area (Å²) >= 11 is 1.71. The molecule has 3 heterocycles. The largest absolute Gasteiger partial charge is 0.383 e. The van der Waals surface area contributed by atoms with Crippen LogP contribution in [0, 0.1) is 6.92 Å². The number of carbonyl (C=O) groups is 1. The number of nitrogens with zero attached hydrogens (tertiary/aromatic N) is 4. The van der Waals surface area contributed by atoms with Crippen molar-refractivity contribution in [1.82, 2.24) is 24.8 Å². The molecule has 0 spiro atoms. The monoisotopic (exact) mass is 363 g/mol. The van der Waals surface area contributed by atoms with Crippen molar-refractivity contribution in [2.24, 2.45) is 0 Å². The van der Waals surface area contributed by atoms with Gasteiger partial charge in [-0.3, -0.25) is 9.69 Å². The molecule has 2 aromatic heterocycles. The molecule has 1 aliphatic heterocycles. The number of thiazole rings is 1. The molecule has 25 heavy (non-hydrogen) atoms. The van der Waals surface area contributed by atoms with E-state index in [0.29, 0.717) is 19.6 Å². The highest BCUT2D eigenvalue weighted by Gasteiger charge is 2.27. The smallest absolute Gasteiger partial charge is 0.226 e. The normalized spacial score (nSPS) is 17.5. The molecule has 7 nitrogen and oxygen atoms in total. The fourth-order valence-electron chi connectivity index (χ4n) is 3.07. The summed E-state index contributed by atoms with van der Waals surface area (Å²) in [5.41, 5.74) is 3.84. The summed E-state index contributed by atoms with van der Waals surface area (Å²) in [6.07, 6.45) is 2.32. The van der Waals surface area contributed by atoms with Crippen molar-refractivity contribution in [2.75, 3.05) is 26.8 Å². The zero-order chi connectivity index (χ0) is 17.8. The fourth-order valence-corrected chi connectivity index (χ4v) is 3.88. The van der Waals surface area contributed by atoms with E-state index in [4.69, 9.17) is 9.72 Å². The lowest BCUT2D eigenvalue weighted by molar-refractivity contribution is -0.120. The molecular weight excluding hydrogens is 338 g/mol. The van der Waals surface area contributed by atoms with E-state index in [1.165, 1.54) is 4.88 Å². The van der Waals surface area contributed by atoms with Crippen molar-refractivity contribution in [2.45, 2.75) is 39.4 Å². The number of nitrogens with one attached hydrogen (secondary N) is 1. The van der Waals surface area contributed by atoms with Crippen molar-refractivity contribution < 1.29 is 9.53 Å². The third kappa shape index (κ3) is 4.26. The molecule has 1 atom stereocenters. The summed E-state index contributed by atoms with van der Waals surface area (Å²) in [6.45, 7) is 8.06. The van der Waals surface area contributed by atoms with Gasteiger partial charge in [0.15, 0.2) is 0 Å². The minimum absolute atomic E-state index is 0.0164. The Labute approximate surface area is 152 Å². The van der Waals surface area contributed by atoms with Gasteiger partial charge in [0.1, 0.15) is 5.82 Å². The first-order valence-electron chi connectivity index (χ1n) is 8.53. The van der Waals surface area contributed by atoms with Crippen LogP contribution >= 0.6 is 11.3 Å². The Morgan fingerprint density at radius 3 is 3.04 bits per heavy atom. The number of carbonyl (C=O) groups excluding carboxylic acids is 1. The van der Waals surface area contributed by atoms with Gasteiger partial charge in [0.25, 0.3) is 0 Å². The number of hydrogen-bond donors (Lipinski definition) is 1. The van der Waals surface area contributed by atoms with Crippen LogP contribution in [0.25, 0.3) is 0 Å². The van der Waals surface area contributed by atoms with Gasteiger partial charge in [-0.1, -0.05) is 0 Å². The molecule has 3 rings (SSSR count). The molecule has 1 amide bonds. The number of methoxy groups -OCH3 is 1. The van der Waals surface area contributed by atoms with Crippen LogP contribution in [0.4, 0.5) is 0 Å². The number of rotatable bonds is 7. The zero-order valence-electron chi connectivity index (χ0n) is 15.0. The fraction of sp³-hybridized carbons (Fsp3) is 0.588. The SMILES string of the molecule is COCCNC(=O)Cc1cn2c(n1)[C@H](C)N(Cc1scnc1C)CC2. The van der Waals surface area contributed by atoms with Crippen molar-refractivity contribution in [3.05, 3.63) is 33.8 Å². The van der Waals surface area contributed by atoms with Crippen LogP contribution < -0.4 is 5.32 Å². The van der Waals surface area contributed by atoms with E-state index < -0.39 is 0 Å². The standard InChI is InChI=1S/C17H25N5O2S/c1-12-15(25-11-19-12)10-21-5-6-22-9-14(20-17(22)13(21)2)8-16(23)18-4-7-24-3/h9,11,13H,4-8,10H2,1-3H3,(H,18,23)/t13-/m0/s1. The first-order chi connectivity index (χ1) is 12.1. The van der Waals surface area contributed by atoms with Gasteiger partial charge in [-0.25, -0.2) is 9.97 Å². The Balaban J connectivity index is 1.63. The van der Waals surface area contributed by atoms with Gasteiger partial charge in [0.05, 0.1) is 36.0 Å². The molecular formula is C17H25N5O2S. The van der Waals surface area contributed by atoms with Gasteiger partial charge < -0.3 is 14.6 Å². The van der Waals surface area contributed by atoms with E-state index >= 15 is 0 Å². The lowest BCUT2D eigenvalue weighted by atomic mass is 10.2. The van der Waals surface area contributed by atoms with Crippen LogP contribution in [0.5, 0.6) is 0 Å². The average molecular weight is 363 g/mol. The van der Waals surface area contributed by atoms with E-state index in [-0.39, 0.29) is 11.9 Å². The second-order valence-corrected chi connectivity index (χ2v) is 7.25. The minimum atomic E-state index is -0.0164. The third-order valence-electron chi connectivity index (χ3n) is 4.57. The third-order valence-corrected chi connectivity index (χ3v) is 5.49. The van der Waals surface area contributed by atoms with E-state index in [9.17, 15) is 4.79 Å². The van der Waals surface area contributed by atoms with Crippen molar-refractivity contribution in [3.63, 3.8) is 0 Å². The maximum absolute atomic E-state index is 12.0. The van der Waals surface area contributed by atoms with Crippen LogP contribution in [-0.4, -0.2) is 52.1 Å². The summed E-state index contributed by atoms with van der Waals surface area (Å²) in [6, 6.07) is 0.223. The topological polar surface area (TPSA) is 72.3 Å². The number of fused-ring (bicyclic) bond motifs is 1. The molecule has 0 unspecified atom stereocenters. The molecule has 0 aliphatic carbocycles. The predicted octanol–water partition coefficient (Wildman–Crippen LogP) is 1.53. The van der Waals surface area contributed by atoms with Crippen LogP contribution in [0.3, 0.4) is 0 Å². The summed E-state index contributed by atoms with van der Waals surface area (Å²) in [4.78, 5) is 24.8. The minimum Gasteiger partial charge on any atom is -0.383 e. The highest BCUT2D eigenvalue weighted by atomic mass is 32.1. The van der Waals surface area contributed by atoms with Gasteiger partial charge in [-0.05, 0) is 13.8 Å². The van der Waals surface area contributed by atoms with Gasteiger partial charge >= 0.3 is 0 Å². The van der Waals surface area contributed by atoms with Crippen LogP contribution in [0.1, 0.15) is 35.1 Å². The predicted molar refractivity (Wildman–Crippen MR) is 96.5 cm³/mol. The zero-order valence-corrected chi connectivity index (χ0v) is 15.8. The Bertz CT molecular complexity index is 726. The molecule has 8 heteroatoms. The molecule has 136 valence electrons. The van der Waals surface area contributed by atoms with Crippen LogP contribution in [0.15, 0.2) is 11.7 Å². The molecule has 1 N–H and O–H groups in total. The highest BCUT2D eigenvalue weighted by molar-refractivity contribution is 7.09. The van der Waals surface area contributed by atoms with Gasteiger partial charge in [0.2, 0.25) is 5.91 Å². The Kier molecular flexibility index (Phi) is 5.82. The molecule has 0 saturated carbocycles. The summed E-state index contributed by atoms with van der Waals surface area (Å²) in [5.74, 6) is 1.02. The first-order valence-corrected chi connectivity index (χ1v) is 9.41. The second kappa shape index (κ2) is 8.07. The molecule has 0 fully saturated rings. The van der Waals surface area contributed by atoms with Crippen LogP contribution in [0.2, 0.25) is 0 Å². The number of ether oxygens (including phenoxy) is 1. The number of aromatic nitrogens is 3. The van der Waals surface area contributed by atoms with Gasteiger partial charge in [-0.2, -0.15) is 0 Å². The molecule has 0 saturated heterocycles. The Hall–Kier alpha value is -1.77. The number of imidazole rings is 1. The molecule has 0 bridgehead atoms. The first kappa shape index (κ1) is 18.0. The summed E-state index contributed by atoms with van der Waals surface area (Å²) in [7, 11) is 1.62. The number of hydrogen-bond acceptors (Lipinski definition) is 6. The van der Waals surface area contributed by atoms with Crippen molar-refractivity contribution >= 4 is 17.2 Å². The van der Waals surface area contributed by atoms with Gasteiger partial charge in [-0.15, -0.1) is 11.3 Å². The van der Waals surface area contributed by atoms with E-state index in [2.05, 4.69) is 33.6 Å². The summed E-state index contributed by atoms with van der Waals surface area (Å²) in [5, 5.41) is 2.84. The maximum Gasteiger partial charge on any atom is 0.226 e. The van der Waals surface area contributed by atoms with E-state index in [1.54, 1.807) is 18.4 Å². The van der Waals surface area contributed by atoms with E-state index in [0.717, 1.165) is 36.8 Å². The van der Waals surface area contributed by atoms with Gasteiger partial charge in [0, 0.05) is 44.4 Å². The van der Waals surface area contributed by atoms with Crippen molar-refractivity contribution in [1.29, 1.82) is 0 Å². The maximum atomic E-state index is 12.0. The number of amides is 1. The lowest BCUT2D eigenvalue weighted by Gasteiger charge is -2.33. The quantitative estimate of drug-likeness (QED) is 0.756. The summed E-state index contributed by atoms with van der Waals surface area (Å²) < 4.78 is 7.12. The second-order valence-electron chi connectivity index (χ2n) is 6.31. The van der Waals surface area contributed by atoms with Crippen LogP contribution in [-0.2, 0) is 29.0 Å². The van der Waals surface area contributed by atoms with E-state index in [1.807, 2.05) is 11.7 Å². The lowest BCUT2D eigenvalue weighted by Crippen LogP contribution is -2.36. The molecule has 2 aromatic rings. The van der Waals surface area contributed by atoms with Crippen molar-refractivity contribution in [3.8, 4) is 0 Å². The average Bonchev–Trinajstić information content (AvgIpc) is 3.17. The Morgan fingerprint density at radius 1 is 1.48 bits per heavy atom. The Morgan fingerprint density at radius 2 is 2.32 bits per heavy atom. The molecule has 1 aliphatic rings. The highest BCUT2D eigenvalue weighted by Crippen LogP contribution is 2.27. The number of aryl methyl sites for hydroxylation is 1.